The second-order valence-corrected chi connectivity index (χ2v) is 6.38. The number of hydrogen-bond acceptors (Lipinski definition) is 4. The first-order chi connectivity index (χ1) is 14.0. The van der Waals surface area contributed by atoms with Crippen LogP contribution in [0.4, 0.5) is 0 Å². The van der Waals surface area contributed by atoms with Crippen LogP contribution in [0.1, 0.15) is 27.1 Å². The number of fused-ring (bicyclic) bond motifs is 1. The van der Waals surface area contributed by atoms with Crippen molar-refractivity contribution in [2.24, 2.45) is 7.05 Å². The molecule has 0 atom stereocenters. The van der Waals surface area contributed by atoms with Gasteiger partial charge in [-0.2, -0.15) is 0 Å². The van der Waals surface area contributed by atoms with Crippen molar-refractivity contribution in [2.75, 3.05) is 13.7 Å². The van der Waals surface area contributed by atoms with Crippen molar-refractivity contribution in [3.63, 3.8) is 0 Å². The Bertz CT molecular complexity index is 1060. The van der Waals surface area contributed by atoms with Crippen LogP contribution in [-0.4, -0.2) is 35.9 Å². The molecule has 0 aliphatic rings. The minimum absolute atomic E-state index is 0.0106. The van der Waals surface area contributed by atoms with E-state index in [0.29, 0.717) is 16.9 Å². The van der Waals surface area contributed by atoms with Gasteiger partial charge in [-0.15, -0.1) is 0 Å². The third kappa shape index (κ3) is 4.55. The highest BCUT2D eigenvalue weighted by molar-refractivity contribution is 6.07. The quantitative estimate of drug-likeness (QED) is 0.555. The summed E-state index contributed by atoms with van der Waals surface area (Å²) in [5.41, 5.74) is 6.55. The highest BCUT2D eigenvalue weighted by Gasteiger charge is 2.15. The van der Waals surface area contributed by atoms with Gasteiger partial charge in [-0.25, -0.2) is 0 Å². The summed E-state index contributed by atoms with van der Waals surface area (Å²) in [5.74, 6) is -0.709. The van der Waals surface area contributed by atoms with E-state index in [9.17, 15) is 14.4 Å². The fourth-order valence-electron chi connectivity index (χ4n) is 3.00. The average molecular weight is 394 g/mol. The van der Waals surface area contributed by atoms with Crippen LogP contribution in [-0.2, 0) is 11.8 Å². The molecule has 0 spiro atoms. The second kappa shape index (κ2) is 8.92. The van der Waals surface area contributed by atoms with E-state index < -0.39 is 11.8 Å². The van der Waals surface area contributed by atoms with Crippen LogP contribution >= 0.6 is 0 Å². The van der Waals surface area contributed by atoms with Crippen molar-refractivity contribution in [3.8, 4) is 5.75 Å². The summed E-state index contributed by atoms with van der Waals surface area (Å²) in [6, 6.07) is 14.3. The molecule has 8 nitrogen and oxygen atoms in total. The summed E-state index contributed by atoms with van der Waals surface area (Å²) in [6.07, 6.45) is 1.72. The predicted octanol–water partition coefficient (Wildman–Crippen LogP) is 1.77. The molecule has 0 saturated carbocycles. The van der Waals surface area contributed by atoms with Gasteiger partial charge in [-0.3, -0.25) is 25.2 Å². The van der Waals surface area contributed by atoms with Crippen molar-refractivity contribution in [3.05, 3.63) is 65.9 Å². The molecule has 0 saturated heterocycles. The van der Waals surface area contributed by atoms with E-state index in [1.54, 1.807) is 30.5 Å². The van der Waals surface area contributed by atoms with Crippen LogP contribution in [0.3, 0.4) is 0 Å². The summed E-state index contributed by atoms with van der Waals surface area (Å²) in [7, 11) is 3.33. The molecule has 0 unspecified atom stereocenters. The Morgan fingerprint density at radius 2 is 1.66 bits per heavy atom. The maximum atomic E-state index is 12.4. The van der Waals surface area contributed by atoms with E-state index in [2.05, 4.69) is 16.2 Å². The van der Waals surface area contributed by atoms with Crippen LogP contribution < -0.4 is 20.9 Å². The zero-order chi connectivity index (χ0) is 20.8. The van der Waals surface area contributed by atoms with Gasteiger partial charge < -0.3 is 14.6 Å². The molecule has 0 fully saturated rings. The number of nitrogens with one attached hydrogen (secondary N) is 3. The van der Waals surface area contributed by atoms with Gasteiger partial charge in [0.2, 0.25) is 5.91 Å². The van der Waals surface area contributed by atoms with Crippen LogP contribution in [0.15, 0.2) is 54.7 Å². The SMILES string of the molecule is COc1ccccc1C(=O)NCCC(=O)NNC(=O)c1cn(C)c2ccccc12. The molecule has 1 aromatic heterocycles. The molecule has 3 amide bonds. The minimum atomic E-state index is -0.418. The van der Waals surface area contributed by atoms with Gasteiger partial charge in [0.1, 0.15) is 5.75 Å². The molecule has 8 heteroatoms. The highest BCUT2D eigenvalue weighted by Crippen LogP contribution is 2.20. The summed E-state index contributed by atoms with van der Waals surface area (Å²) >= 11 is 0. The smallest absolute Gasteiger partial charge is 0.271 e. The number of aryl methyl sites for hydroxylation is 1. The number of hydrazine groups is 1. The zero-order valence-corrected chi connectivity index (χ0v) is 16.2. The molecule has 0 bridgehead atoms. The Morgan fingerprint density at radius 3 is 2.45 bits per heavy atom. The number of ether oxygens (including phenoxy) is 1. The first-order valence-corrected chi connectivity index (χ1v) is 9.05. The van der Waals surface area contributed by atoms with Crippen LogP contribution in [0.25, 0.3) is 10.9 Å². The third-order valence-corrected chi connectivity index (χ3v) is 4.45. The van der Waals surface area contributed by atoms with Gasteiger partial charge >= 0.3 is 0 Å². The fourth-order valence-corrected chi connectivity index (χ4v) is 3.00. The number of rotatable bonds is 6. The zero-order valence-electron chi connectivity index (χ0n) is 16.2. The van der Waals surface area contributed by atoms with Gasteiger partial charge in [0.25, 0.3) is 11.8 Å². The van der Waals surface area contributed by atoms with Gasteiger partial charge in [0.15, 0.2) is 0 Å². The molecule has 0 aliphatic carbocycles. The lowest BCUT2D eigenvalue weighted by Crippen LogP contribution is -2.42. The number of amides is 3. The molecule has 0 aliphatic heterocycles. The average Bonchev–Trinajstić information content (AvgIpc) is 3.09. The van der Waals surface area contributed by atoms with Crippen LogP contribution in [0, 0.1) is 0 Å². The molecule has 3 rings (SSSR count). The molecular formula is C21H22N4O4. The standard InChI is InChI=1S/C21H22N4O4/c1-25-13-16(14-7-3-5-9-17(14)25)21(28)24-23-19(26)11-12-22-20(27)15-8-4-6-10-18(15)29-2/h3-10,13H,11-12H2,1-2H3,(H,22,27)(H,23,26)(H,24,28). The monoisotopic (exact) mass is 394 g/mol. The molecule has 0 radical (unpaired) electrons. The number of hydrogen-bond donors (Lipinski definition) is 3. The summed E-state index contributed by atoms with van der Waals surface area (Å²) < 4.78 is 6.99. The van der Waals surface area contributed by atoms with Crippen LogP contribution in [0.2, 0.25) is 0 Å². The van der Waals surface area contributed by atoms with E-state index in [1.165, 1.54) is 7.11 Å². The largest absolute Gasteiger partial charge is 0.496 e. The number of carbonyl (C=O) groups excluding carboxylic acids is 3. The van der Waals surface area contributed by atoms with Crippen molar-refractivity contribution < 1.29 is 19.1 Å². The molecule has 29 heavy (non-hydrogen) atoms. The number of nitrogens with zero attached hydrogens (tertiary/aromatic N) is 1. The summed E-state index contributed by atoms with van der Waals surface area (Å²) in [4.78, 5) is 36.6. The number of methoxy groups -OCH3 is 1. The van der Waals surface area contributed by atoms with Crippen LogP contribution in [0.5, 0.6) is 5.75 Å². The van der Waals surface area contributed by atoms with E-state index in [-0.39, 0.29) is 18.9 Å². The molecule has 150 valence electrons. The first-order valence-electron chi connectivity index (χ1n) is 9.05. The topological polar surface area (TPSA) is 101 Å². The van der Waals surface area contributed by atoms with E-state index in [1.807, 2.05) is 35.9 Å². The lowest BCUT2D eigenvalue weighted by atomic mass is 10.2. The lowest BCUT2D eigenvalue weighted by Gasteiger charge is -2.10. The van der Waals surface area contributed by atoms with Crippen molar-refractivity contribution in [1.82, 2.24) is 20.7 Å². The highest BCUT2D eigenvalue weighted by atomic mass is 16.5. The van der Waals surface area contributed by atoms with Crippen molar-refractivity contribution in [1.29, 1.82) is 0 Å². The number of para-hydroxylation sites is 2. The van der Waals surface area contributed by atoms with E-state index in [4.69, 9.17) is 4.74 Å². The Hall–Kier alpha value is -3.81. The summed E-state index contributed by atoms with van der Waals surface area (Å²) in [5, 5.41) is 3.45. The molecule has 3 N–H and O–H groups in total. The Morgan fingerprint density at radius 1 is 0.931 bits per heavy atom. The minimum Gasteiger partial charge on any atom is -0.496 e. The van der Waals surface area contributed by atoms with Gasteiger partial charge in [-0.1, -0.05) is 30.3 Å². The normalized spacial score (nSPS) is 10.4. The number of benzene rings is 2. The van der Waals surface area contributed by atoms with Crippen molar-refractivity contribution >= 4 is 28.6 Å². The Kier molecular flexibility index (Phi) is 6.13. The second-order valence-electron chi connectivity index (χ2n) is 6.38. The number of aromatic nitrogens is 1. The maximum absolute atomic E-state index is 12.4. The summed E-state index contributed by atoms with van der Waals surface area (Å²) in [6.45, 7) is 0.118. The Balaban J connectivity index is 1.48. The molecular weight excluding hydrogens is 372 g/mol. The van der Waals surface area contributed by atoms with E-state index in [0.717, 1.165) is 10.9 Å². The lowest BCUT2D eigenvalue weighted by molar-refractivity contribution is -0.121. The fraction of sp³-hybridized carbons (Fsp3) is 0.190. The number of carbonyl (C=O) groups is 3. The third-order valence-electron chi connectivity index (χ3n) is 4.45. The molecule has 2 aromatic carbocycles. The predicted molar refractivity (Wildman–Crippen MR) is 108 cm³/mol. The van der Waals surface area contributed by atoms with Gasteiger partial charge in [-0.05, 0) is 18.2 Å². The maximum Gasteiger partial charge on any atom is 0.271 e. The Labute approximate surface area is 167 Å². The van der Waals surface area contributed by atoms with Gasteiger partial charge in [0, 0.05) is 37.1 Å². The first kappa shape index (κ1) is 19.9. The van der Waals surface area contributed by atoms with Gasteiger partial charge in [0.05, 0.1) is 18.2 Å². The van der Waals surface area contributed by atoms with Crippen molar-refractivity contribution in [2.45, 2.75) is 6.42 Å². The molecule has 1 heterocycles. The van der Waals surface area contributed by atoms with E-state index >= 15 is 0 Å². The molecule has 3 aromatic rings.